The van der Waals surface area contributed by atoms with Crippen molar-refractivity contribution < 1.29 is 29.2 Å². The number of carbonyl (C=O) groups is 1. The van der Waals surface area contributed by atoms with E-state index >= 15 is 0 Å². The number of alkyl halides is 3. The Balaban J connectivity index is 2.75. The maximum absolute atomic E-state index is 10.9. The number of rotatable bonds is 2. The summed E-state index contributed by atoms with van der Waals surface area (Å²) in [6.45, 7) is 2.66. The van der Waals surface area contributed by atoms with E-state index in [1.54, 1.807) is 0 Å². The van der Waals surface area contributed by atoms with Crippen molar-refractivity contribution in [3.8, 4) is 0 Å². The van der Waals surface area contributed by atoms with Crippen LogP contribution in [-0.4, -0.2) is 56.6 Å². The van der Waals surface area contributed by atoms with Crippen molar-refractivity contribution in [3.63, 3.8) is 0 Å². The largest absolute Gasteiger partial charge is 0.457 e. The van der Waals surface area contributed by atoms with Gasteiger partial charge in [-0.25, -0.2) is 0 Å². The van der Waals surface area contributed by atoms with Crippen molar-refractivity contribution in [2.45, 2.75) is 48.3 Å². The molecule has 1 aliphatic heterocycles. The molecule has 0 aliphatic carbocycles. The molecule has 0 amide bonds. The van der Waals surface area contributed by atoms with Crippen LogP contribution in [0.15, 0.2) is 0 Å². The van der Waals surface area contributed by atoms with E-state index in [2.05, 4.69) is 0 Å². The van der Waals surface area contributed by atoms with E-state index in [0.29, 0.717) is 0 Å². The molecule has 10 heteroatoms. The Bertz CT molecular complexity index is 388. The van der Waals surface area contributed by atoms with E-state index in [9.17, 15) is 15.0 Å². The maximum atomic E-state index is 10.9. The maximum Gasteiger partial charge on any atom is 0.303 e. The number of aliphatic hydroxyl groups excluding tert-OH is 2. The molecule has 0 aromatic heterocycles. The number of carbonyl (C=O) groups excluding carboxylic acids is 1. The van der Waals surface area contributed by atoms with Crippen molar-refractivity contribution in [1.29, 1.82) is 5.41 Å². The van der Waals surface area contributed by atoms with Gasteiger partial charge in [0.05, 0.1) is 6.10 Å². The summed E-state index contributed by atoms with van der Waals surface area (Å²) < 4.78 is 12.8. The summed E-state index contributed by atoms with van der Waals surface area (Å²) in [5.74, 6) is -1.40. The zero-order chi connectivity index (χ0) is 15.7. The monoisotopic (exact) mass is 349 g/mol. The highest BCUT2D eigenvalue weighted by atomic mass is 35.6. The van der Waals surface area contributed by atoms with Gasteiger partial charge in [0, 0.05) is 6.92 Å². The van der Waals surface area contributed by atoms with Crippen LogP contribution in [0, 0.1) is 5.41 Å². The summed E-state index contributed by atoms with van der Waals surface area (Å²) in [6.07, 6.45) is -6.32. The lowest BCUT2D eigenvalue weighted by molar-refractivity contribution is -0.276. The molecule has 7 nitrogen and oxygen atoms in total. The highest BCUT2D eigenvalue weighted by Gasteiger charge is 2.47. The number of hydrogen-bond acceptors (Lipinski definition) is 7. The number of aliphatic hydroxyl groups is 2. The van der Waals surface area contributed by atoms with Gasteiger partial charge in [-0.1, -0.05) is 34.8 Å². The topological polar surface area (TPSA) is 109 Å². The van der Waals surface area contributed by atoms with Crippen molar-refractivity contribution in [2.24, 2.45) is 0 Å². The Morgan fingerprint density at radius 3 is 2.25 bits per heavy atom. The van der Waals surface area contributed by atoms with Crippen LogP contribution in [0.4, 0.5) is 0 Å². The quantitative estimate of drug-likeness (QED) is 0.293. The molecule has 3 N–H and O–H groups in total. The molecular formula is C10H14Cl3NO6. The molecule has 116 valence electrons. The molecule has 1 aliphatic rings. The summed E-state index contributed by atoms with van der Waals surface area (Å²) >= 11 is 16.3. The summed E-state index contributed by atoms with van der Waals surface area (Å²) in [5.41, 5.74) is 0. The molecule has 1 heterocycles. The van der Waals surface area contributed by atoms with Gasteiger partial charge in [-0.3, -0.25) is 10.2 Å². The fraction of sp³-hybridized carbons (Fsp3) is 0.800. The first-order valence-corrected chi connectivity index (χ1v) is 6.68. The lowest BCUT2D eigenvalue weighted by Gasteiger charge is -2.40. The van der Waals surface area contributed by atoms with E-state index < -0.39 is 46.4 Å². The first-order valence-electron chi connectivity index (χ1n) is 5.55. The molecule has 0 radical (unpaired) electrons. The van der Waals surface area contributed by atoms with Crippen LogP contribution in [0.2, 0.25) is 0 Å². The van der Waals surface area contributed by atoms with Gasteiger partial charge in [-0.2, -0.15) is 0 Å². The molecule has 0 saturated carbocycles. The highest BCUT2D eigenvalue weighted by molar-refractivity contribution is 6.76. The third-order valence-electron chi connectivity index (χ3n) is 2.57. The highest BCUT2D eigenvalue weighted by Crippen LogP contribution is 2.31. The number of halogens is 3. The molecule has 1 rings (SSSR count). The fourth-order valence-electron chi connectivity index (χ4n) is 1.64. The number of hydrogen-bond donors (Lipinski definition) is 3. The molecule has 0 aromatic carbocycles. The summed E-state index contributed by atoms with van der Waals surface area (Å²) in [7, 11) is 0. The van der Waals surface area contributed by atoms with Crippen LogP contribution in [-0.2, 0) is 19.0 Å². The molecule has 5 atom stereocenters. The zero-order valence-electron chi connectivity index (χ0n) is 10.5. The van der Waals surface area contributed by atoms with Crippen LogP contribution in [0.5, 0.6) is 0 Å². The SMILES string of the molecule is CC(=O)O[C@H]1C(C)O[C@H](OC(=N)C(Cl)(Cl)Cl)[C@H](O)C1O. The molecule has 0 bridgehead atoms. The van der Waals surface area contributed by atoms with Crippen LogP contribution in [0.3, 0.4) is 0 Å². The van der Waals surface area contributed by atoms with Crippen LogP contribution >= 0.6 is 34.8 Å². The summed E-state index contributed by atoms with van der Waals surface area (Å²) in [6, 6.07) is 0. The Kier molecular flexibility index (Phi) is 5.89. The van der Waals surface area contributed by atoms with Crippen molar-refractivity contribution in [2.75, 3.05) is 0 Å². The Hall–Kier alpha value is -0.310. The van der Waals surface area contributed by atoms with Gasteiger partial charge in [0.15, 0.2) is 6.10 Å². The van der Waals surface area contributed by atoms with Crippen molar-refractivity contribution in [1.82, 2.24) is 0 Å². The van der Waals surface area contributed by atoms with Crippen LogP contribution < -0.4 is 0 Å². The third-order valence-corrected chi connectivity index (χ3v) is 3.09. The molecular weight excluding hydrogens is 336 g/mol. The van der Waals surface area contributed by atoms with Gasteiger partial charge in [0.2, 0.25) is 12.2 Å². The second-order valence-corrected chi connectivity index (χ2v) is 6.49. The standard InChI is InChI=1S/C10H14Cl3NO6/c1-3-7(19-4(2)15)5(16)6(17)8(18-3)20-9(14)10(11,12)13/h3,5-8,14,16-17H,1-2H3/t3?,5?,6-,7+,8-/m1/s1. The van der Waals surface area contributed by atoms with Gasteiger partial charge in [0.25, 0.3) is 3.79 Å². The van der Waals surface area contributed by atoms with Crippen molar-refractivity contribution in [3.05, 3.63) is 0 Å². The Labute approximate surface area is 130 Å². The van der Waals surface area contributed by atoms with Gasteiger partial charge in [0.1, 0.15) is 12.2 Å². The second-order valence-electron chi connectivity index (χ2n) is 4.21. The van der Waals surface area contributed by atoms with E-state index in [4.69, 9.17) is 54.4 Å². The van der Waals surface area contributed by atoms with Crippen molar-refractivity contribution >= 4 is 46.7 Å². The van der Waals surface area contributed by atoms with Gasteiger partial charge in [-0.15, -0.1) is 0 Å². The predicted molar refractivity (Wildman–Crippen MR) is 71.0 cm³/mol. The first-order chi connectivity index (χ1) is 9.04. The van der Waals surface area contributed by atoms with Crippen LogP contribution in [0.1, 0.15) is 13.8 Å². The Morgan fingerprint density at radius 2 is 1.80 bits per heavy atom. The molecule has 0 aromatic rings. The number of esters is 1. The van der Waals surface area contributed by atoms with Gasteiger partial charge >= 0.3 is 5.97 Å². The smallest absolute Gasteiger partial charge is 0.303 e. The van der Waals surface area contributed by atoms with E-state index in [0.717, 1.165) is 6.92 Å². The normalized spacial score (nSPS) is 34.5. The fourth-order valence-corrected chi connectivity index (χ4v) is 1.77. The zero-order valence-corrected chi connectivity index (χ0v) is 12.8. The van der Waals surface area contributed by atoms with E-state index in [1.807, 2.05) is 0 Å². The number of ether oxygens (including phenoxy) is 3. The minimum atomic E-state index is -2.12. The average Bonchev–Trinajstić information content (AvgIpc) is 2.29. The van der Waals surface area contributed by atoms with E-state index in [-0.39, 0.29) is 0 Å². The second kappa shape index (κ2) is 6.64. The first kappa shape index (κ1) is 17.7. The third kappa shape index (κ3) is 4.34. The minimum absolute atomic E-state index is 0.634. The predicted octanol–water partition coefficient (Wildman–Crippen LogP) is 0.749. The molecule has 1 fully saturated rings. The van der Waals surface area contributed by atoms with Gasteiger partial charge < -0.3 is 24.4 Å². The summed E-state index contributed by atoms with van der Waals surface area (Å²) in [5, 5.41) is 27.1. The Morgan fingerprint density at radius 1 is 1.25 bits per heavy atom. The van der Waals surface area contributed by atoms with E-state index in [1.165, 1.54) is 6.92 Å². The summed E-state index contributed by atoms with van der Waals surface area (Å²) in [4.78, 5) is 10.9. The molecule has 0 spiro atoms. The lowest BCUT2D eigenvalue weighted by atomic mass is 10.00. The number of nitrogens with one attached hydrogen (secondary N) is 1. The molecule has 2 unspecified atom stereocenters. The molecule has 1 saturated heterocycles. The average molecular weight is 351 g/mol. The van der Waals surface area contributed by atoms with Crippen LogP contribution in [0.25, 0.3) is 0 Å². The lowest BCUT2D eigenvalue weighted by Crippen LogP contribution is -2.59. The van der Waals surface area contributed by atoms with Gasteiger partial charge in [-0.05, 0) is 6.92 Å². The minimum Gasteiger partial charge on any atom is -0.457 e. The molecule has 20 heavy (non-hydrogen) atoms.